The Kier molecular flexibility index (Phi) is 4.50. The molecular weight excluding hydrogens is 418 g/mol. The molecule has 10 heteroatoms. The average molecular weight is 439 g/mol. The number of rotatable bonds is 5. The zero-order valence-electron chi connectivity index (χ0n) is 18.0. The SMILES string of the molecule is C[C@H](c1cnc(C2CC2)nc1)n1nc(C#N)c2c(=O)[nH]c([C@@H]3CC[C@H]3c3ncccn3)nc21. The molecule has 2 saturated carbocycles. The normalized spacial score (nSPS) is 20.8. The molecule has 2 aliphatic rings. The van der Waals surface area contributed by atoms with E-state index in [1.807, 2.05) is 13.0 Å². The van der Waals surface area contributed by atoms with Gasteiger partial charge in [0.25, 0.3) is 5.56 Å². The van der Waals surface area contributed by atoms with E-state index in [4.69, 9.17) is 4.98 Å². The number of aromatic amines is 1. The van der Waals surface area contributed by atoms with Gasteiger partial charge in [0.1, 0.15) is 28.9 Å². The van der Waals surface area contributed by atoms with Gasteiger partial charge in [-0.2, -0.15) is 10.4 Å². The summed E-state index contributed by atoms with van der Waals surface area (Å²) in [5.41, 5.74) is 0.939. The topological polar surface area (TPSA) is 139 Å². The summed E-state index contributed by atoms with van der Waals surface area (Å²) in [5, 5.41) is 14.2. The van der Waals surface area contributed by atoms with E-state index < -0.39 is 0 Å². The summed E-state index contributed by atoms with van der Waals surface area (Å²) in [6, 6.07) is 3.53. The van der Waals surface area contributed by atoms with Crippen LogP contribution in [0.15, 0.2) is 35.6 Å². The van der Waals surface area contributed by atoms with Crippen LogP contribution in [0.2, 0.25) is 0 Å². The van der Waals surface area contributed by atoms with E-state index in [9.17, 15) is 10.1 Å². The van der Waals surface area contributed by atoms with Crippen LogP contribution in [0.25, 0.3) is 11.0 Å². The van der Waals surface area contributed by atoms with Crippen LogP contribution in [-0.4, -0.2) is 39.7 Å². The van der Waals surface area contributed by atoms with E-state index in [0.717, 1.165) is 42.9 Å². The first-order chi connectivity index (χ1) is 16.1. The third kappa shape index (κ3) is 3.28. The van der Waals surface area contributed by atoms with E-state index in [2.05, 4.69) is 30.0 Å². The van der Waals surface area contributed by atoms with Crippen molar-refractivity contribution in [3.63, 3.8) is 0 Å². The number of hydrogen-bond donors (Lipinski definition) is 1. The minimum atomic E-state index is -0.357. The molecule has 3 atom stereocenters. The predicted octanol–water partition coefficient (Wildman–Crippen LogP) is 2.72. The molecule has 4 aromatic rings. The highest BCUT2D eigenvalue weighted by Gasteiger charge is 2.38. The van der Waals surface area contributed by atoms with Crippen molar-refractivity contribution in [2.75, 3.05) is 0 Å². The number of nitrogens with one attached hydrogen (secondary N) is 1. The Morgan fingerprint density at radius 2 is 1.79 bits per heavy atom. The van der Waals surface area contributed by atoms with Gasteiger partial charge < -0.3 is 4.98 Å². The number of H-pyrrole nitrogens is 1. The molecule has 0 saturated heterocycles. The monoisotopic (exact) mass is 439 g/mol. The Hall–Kier alpha value is -4.00. The summed E-state index contributed by atoms with van der Waals surface area (Å²) in [6.07, 6.45) is 11.1. The molecule has 0 aliphatic heterocycles. The van der Waals surface area contributed by atoms with Crippen molar-refractivity contribution < 1.29 is 0 Å². The van der Waals surface area contributed by atoms with Gasteiger partial charge in [0.05, 0.1) is 6.04 Å². The van der Waals surface area contributed by atoms with Gasteiger partial charge in [-0.15, -0.1) is 0 Å². The van der Waals surface area contributed by atoms with E-state index in [-0.39, 0.29) is 34.5 Å². The zero-order chi connectivity index (χ0) is 22.5. The number of aromatic nitrogens is 8. The van der Waals surface area contributed by atoms with Crippen molar-refractivity contribution in [3.05, 3.63) is 69.9 Å². The Labute approximate surface area is 188 Å². The molecular formula is C23H21N9O. The molecule has 33 heavy (non-hydrogen) atoms. The van der Waals surface area contributed by atoms with Crippen LogP contribution in [0, 0.1) is 11.3 Å². The molecule has 0 amide bonds. The molecule has 0 bridgehead atoms. The maximum absolute atomic E-state index is 13.0. The minimum absolute atomic E-state index is 0.00912. The molecule has 6 rings (SSSR count). The number of nitrogens with zero attached hydrogens (tertiary/aromatic N) is 8. The van der Waals surface area contributed by atoms with Crippen LogP contribution in [0.4, 0.5) is 0 Å². The molecule has 0 spiro atoms. The van der Waals surface area contributed by atoms with Crippen molar-refractivity contribution in [3.8, 4) is 6.07 Å². The Balaban J connectivity index is 1.41. The van der Waals surface area contributed by atoms with Gasteiger partial charge in [-0.05, 0) is 38.7 Å². The molecule has 0 aromatic carbocycles. The number of nitriles is 1. The van der Waals surface area contributed by atoms with Crippen LogP contribution in [0.5, 0.6) is 0 Å². The van der Waals surface area contributed by atoms with E-state index in [0.29, 0.717) is 17.4 Å². The fraction of sp³-hybridized carbons (Fsp3) is 0.391. The largest absolute Gasteiger partial charge is 0.310 e. The third-order valence-corrected chi connectivity index (χ3v) is 6.71. The molecule has 2 fully saturated rings. The molecule has 164 valence electrons. The summed E-state index contributed by atoms with van der Waals surface area (Å²) >= 11 is 0. The standard InChI is InChI=1S/C23H21N9O/c1-12(14-10-27-19(28-11-14)13-3-4-13)32-22-18(17(9-24)31-32)23(33)30-21(29-22)16-6-5-15(16)20-25-7-2-8-26-20/h2,7-8,10-13,15-16H,3-6H2,1H3,(H,29,30,33)/t12-,15-,16-/m1/s1. The smallest absolute Gasteiger partial charge is 0.263 e. The zero-order valence-corrected chi connectivity index (χ0v) is 18.0. The van der Waals surface area contributed by atoms with Crippen LogP contribution in [-0.2, 0) is 0 Å². The van der Waals surface area contributed by atoms with Crippen LogP contribution < -0.4 is 5.56 Å². The molecule has 0 radical (unpaired) electrons. The first-order valence-corrected chi connectivity index (χ1v) is 11.1. The highest BCUT2D eigenvalue weighted by atomic mass is 16.1. The van der Waals surface area contributed by atoms with Gasteiger partial charge in [0, 0.05) is 48.1 Å². The molecule has 10 nitrogen and oxygen atoms in total. The minimum Gasteiger partial charge on any atom is -0.310 e. The highest BCUT2D eigenvalue weighted by molar-refractivity contribution is 5.80. The second-order valence-electron chi connectivity index (χ2n) is 8.78. The Bertz CT molecular complexity index is 1430. The second-order valence-corrected chi connectivity index (χ2v) is 8.78. The Morgan fingerprint density at radius 3 is 2.42 bits per heavy atom. The maximum atomic E-state index is 13.0. The fourth-order valence-electron chi connectivity index (χ4n) is 4.48. The van der Waals surface area contributed by atoms with Crippen LogP contribution >= 0.6 is 0 Å². The molecule has 0 unspecified atom stereocenters. The van der Waals surface area contributed by atoms with Gasteiger partial charge in [-0.1, -0.05) is 0 Å². The number of fused-ring (bicyclic) bond motifs is 1. The highest BCUT2D eigenvalue weighted by Crippen LogP contribution is 2.46. The summed E-state index contributed by atoms with van der Waals surface area (Å²) in [4.78, 5) is 38.5. The Morgan fingerprint density at radius 1 is 1.06 bits per heavy atom. The van der Waals surface area contributed by atoms with Crippen LogP contribution in [0.1, 0.15) is 85.1 Å². The third-order valence-electron chi connectivity index (χ3n) is 6.71. The van der Waals surface area contributed by atoms with Crippen LogP contribution in [0.3, 0.4) is 0 Å². The van der Waals surface area contributed by atoms with Crippen molar-refractivity contribution >= 4 is 11.0 Å². The van der Waals surface area contributed by atoms with Crippen molar-refractivity contribution in [2.24, 2.45) is 0 Å². The first kappa shape index (κ1) is 19.7. The van der Waals surface area contributed by atoms with Crippen molar-refractivity contribution in [1.29, 1.82) is 5.26 Å². The van der Waals surface area contributed by atoms with Crippen molar-refractivity contribution in [2.45, 2.75) is 56.4 Å². The lowest BCUT2D eigenvalue weighted by atomic mass is 9.72. The maximum Gasteiger partial charge on any atom is 0.263 e. The molecule has 1 N–H and O–H groups in total. The second kappa shape index (κ2) is 7.55. The van der Waals surface area contributed by atoms with Gasteiger partial charge in [0.15, 0.2) is 11.3 Å². The van der Waals surface area contributed by atoms with Crippen molar-refractivity contribution in [1.82, 2.24) is 39.7 Å². The van der Waals surface area contributed by atoms with E-state index in [1.165, 1.54) is 0 Å². The summed E-state index contributed by atoms with van der Waals surface area (Å²) < 4.78 is 1.63. The van der Waals surface area contributed by atoms with Gasteiger partial charge in [0.2, 0.25) is 0 Å². The molecule has 4 aromatic heterocycles. The molecule has 2 aliphatic carbocycles. The first-order valence-electron chi connectivity index (χ1n) is 11.1. The summed E-state index contributed by atoms with van der Waals surface area (Å²) in [6.45, 7) is 1.94. The van der Waals surface area contributed by atoms with Gasteiger partial charge in [-0.3, -0.25) is 4.79 Å². The lowest BCUT2D eigenvalue weighted by Crippen LogP contribution is -2.28. The van der Waals surface area contributed by atoms with E-state index >= 15 is 0 Å². The average Bonchev–Trinajstić information content (AvgIpc) is 3.59. The van der Waals surface area contributed by atoms with Gasteiger partial charge in [-0.25, -0.2) is 29.6 Å². The number of hydrogen-bond acceptors (Lipinski definition) is 8. The fourth-order valence-corrected chi connectivity index (χ4v) is 4.48. The summed E-state index contributed by atoms with van der Waals surface area (Å²) in [7, 11) is 0. The predicted molar refractivity (Wildman–Crippen MR) is 117 cm³/mol. The lowest BCUT2D eigenvalue weighted by Gasteiger charge is -2.34. The van der Waals surface area contributed by atoms with Gasteiger partial charge >= 0.3 is 0 Å². The van der Waals surface area contributed by atoms with E-state index in [1.54, 1.807) is 35.5 Å². The lowest BCUT2D eigenvalue weighted by molar-refractivity contribution is 0.319. The quantitative estimate of drug-likeness (QED) is 0.501. The summed E-state index contributed by atoms with van der Waals surface area (Å²) in [5.74, 6) is 2.77. The molecule has 4 heterocycles.